The van der Waals surface area contributed by atoms with Gasteiger partial charge in [-0.15, -0.1) is 0 Å². The molecule has 0 aromatic carbocycles. The van der Waals surface area contributed by atoms with Gasteiger partial charge in [-0.3, -0.25) is 4.79 Å². The van der Waals surface area contributed by atoms with Crippen molar-refractivity contribution in [2.45, 2.75) is 51.5 Å². The Labute approximate surface area is 98.4 Å². The lowest BCUT2D eigenvalue weighted by molar-refractivity contribution is -0.121. The van der Waals surface area contributed by atoms with Crippen LogP contribution >= 0.6 is 0 Å². The number of carbonyl (C=O) groups is 1. The number of hydrogen-bond donors (Lipinski definition) is 2. The van der Waals surface area contributed by atoms with Gasteiger partial charge in [0.25, 0.3) is 0 Å². The molecule has 1 aliphatic heterocycles. The van der Waals surface area contributed by atoms with Crippen LogP contribution in [0.4, 0.5) is 0 Å². The number of carbonyl (C=O) groups excluding carboxylic acids is 1. The minimum Gasteiger partial charge on any atom is -0.356 e. The second-order valence-corrected chi connectivity index (χ2v) is 5.59. The monoisotopic (exact) mass is 224 g/mol. The Morgan fingerprint density at radius 3 is 3.00 bits per heavy atom. The first-order valence-corrected chi connectivity index (χ1v) is 6.74. The maximum Gasteiger partial charge on any atom is 0.221 e. The van der Waals surface area contributed by atoms with Gasteiger partial charge in [0.1, 0.15) is 0 Å². The molecule has 1 amide bonds. The number of hydrogen-bond acceptors (Lipinski definition) is 2. The Morgan fingerprint density at radius 2 is 2.25 bits per heavy atom. The predicted molar refractivity (Wildman–Crippen MR) is 65.2 cm³/mol. The van der Waals surface area contributed by atoms with Gasteiger partial charge in [-0.2, -0.15) is 0 Å². The normalized spacial score (nSPS) is 35.8. The Bertz CT molecular complexity index is 242. The quantitative estimate of drug-likeness (QED) is 0.766. The van der Waals surface area contributed by atoms with Crippen LogP contribution in [0.5, 0.6) is 0 Å². The van der Waals surface area contributed by atoms with E-state index in [9.17, 15) is 4.79 Å². The van der Waals surface area contributed by atoms with Crippen LogP contribution in [0.1, 0.15) is 45.4 Å². The molecule has 0 aromatic heterocycles. The Balaban J connectivity index is 1.70. The SMILES string of the molecule is CC1CCC(CNC2CCCNC(=O)C2)C1. The molecule has 0 spiro atoms. The topological polar surface area (TPSA) is 41.1 Å². The van der Waals surface area contributed by atoms with Crippen molar-refractivity contribution in [3.05, 3.63) is 0 Å². The largest absolute Gasteiger partial charge is 0.356 e. The number of nitrogens with one attached hydrogen (secondary N) is 2. The van der Waals surface area contributed by atoms with Gasteiger partial charge in [-0.25, -0.2) is 0 Å². The molecule has 2 aliphatic rings. The van der Waals surface area contributed by atoms with Gasteiger partial charge in [0, 0.05) is 19.0 Å². The molecule has 1 aliphatic carbocycles. The third-order valence-corrected chi connectivity index (χ3v) is 3.98. The minimum absolute atomic E-state index is 0.217. The summed E-state index contributed by atoms with van der Waals surface area (Å²) in [5.41, 5.74) is 0. The third-order valence-electron chi connectivity index (χ3n) is 3.98. The van der Waals surface area contributed by atoms with E-state index in [1.807, 2.05) is 0 Å². The second kappa shape index (κ2) is 5.67. The molecule has 3 nitrogen and oxygen atoms in total. The molecular formula is C13H24N2O. The van der Waals surface area contributed by atoms with Crippen molar-refractivity contribution in [3.63, 3.8) is 0 Å². The lowest BCUT2D eigenvalue weighted by Crippen LogP contribution is -2.35. The van der Waals surface area contributed by atoms with Crippen molar-refractivity contribution in [2.75, 3.05) is 13.1 Å². The molecule has 1 saturated heterocycles. The molecule has 2 fully saturated rings. The molecule has 1 heterocycles. The lowest BCUT2D eigenvalue weighted by Gasteiger charge is -2.18. The summed E-state index contributed by atoms with van der Waals surface area (Å²) < 4.78 is 0. The first kappa shape index (κ1) is 11.9. The fourth-order valence-electron chi connectivity index (χ4n) is 2.99. The summed E-state index contributed by atoms with van der Waals surface area (Å²) in [6.45, 7) is 4.32. The highest BCUT2D eigenvalue weighted by atomic mass is 16.1. The molecule has 92 valence electrons. The van der Waals surface area contributed by atoms with Gasteiger partial charge in [-0.05, 0) is 44.1 Å². The summed E-state index contributed by atoms with van der Waals surface area (Å²) in [6, 6.07) is 0.415. The van der Waals surface area contributed by atoms with Gasteiger partial charge in [0.05, 0.1) is 0 Å². The molecule has 3 heteroatoms. The zero-order valence-electron chi connectivity index (χ0n) is 10.3. The highest BCUT2D eigenvalue weighted by molar-refractivity contribution is 5.76. The van der Waals surface area contributed by atoms with Crippen molar-refractivity contribution in [3.8, 4) is 0 Å². The average Bonchev–Trinajstić information content (AvgIpc) is 2.55. The lowest BCUT2D eigenvalue weighted by atomic mass is 10.0. The van der Waals surface area contributed by atoms with E-state index in [1.165, 1.54) is 19.3 Å². The van der Waals surface area contributed by atoms with E-state index < -0.39 is 0 Å². The minimum atomic E-state index is 0.217. The summed E-state index contributed by atoms with van der Waals surface area (Å²) in [7, 11) is 0. The zero-order valence-corrected chi connectivity index (χ0v) is 10.3. The Kier molecular flexibility index (Phi) is 4.22. The first-order valence-electron chi connectivity index (χ1n) is 6.74. The molecule has 16 heavy (non-hydrogen) atoms. The standard InChI is InChI=1S/C13H24N2O/c1-10-4-5-11(7-10)9-15-12-3-2-6-14-13(16)8-12/h10-12,15H,2-9H2,1H3,(H,14,16). The molecule has 3 atom stereocenters. The molecule has 0 bridgehead atoms. The van der Waals surface area contributed by atoms with E-state index in [4.69, 9.17) is 0 Å². The smallest absolute Gasteiger partial charge is 0.221 e. The van der Waals surface area contributed by atoms with E-state index in [2.05, 4.69) is 17.6 Å². The van der Waals surface area contributed by atoms with Crippen LogP contribution in [0, 0.1) is 11.8 Å². The van der Waals surface area contributed by atoms with Gasteiger partial charge in [0.15, 0.2) is 0 Å². The Hall–Kier alpha value is -0.570. The average molecular weight is 224 g/mol. The number of rotatable bonds is 3. The van der Waals surface area contributed by atoms with E-state index in [0.717, 1.165) is 37.8 Å². The molecular weight excluding hydrogens is 200 g/mol. The summed E-state index contributed by atoms with van der Waals surface area (Å²) in [6.07, 6.45) is 7.05. The van der Waals surface area contributed by atoms with Crippen molar-refractivity contribution in [1.82, 2.24) is 10.6 Å². The van der Waals surface area contributed by atoms with E-state index >= 15 is 0 Å². The summed E-state index contributed by atoms with van der Waals surface area (Å²) >= 11 is 0. The van der Waals surface area contributed by atoms with E-state index in [0.29, 0.717) is 12.5 Å². The molecule has 1 saturated carbocycles. The van der Waals surface area contributed by atoms with Crippen LogP contribution in [0.15, 0.2) is 0 Å². The van der Waals surface area contributed by atoms with Crippen molar-refractivity contribution in [1.29, 1.82) is 0 Å². The predicted octanol–water partition coefficient (Wildman–Crippen LogP) is 1.68. The van der Waals surface area contributed by atoms with Crippen molar-refractivity contribution < 1.29 is 4.79 Å². The van der Waals surface area contributed by atoms with Crippen LogP contribution in [-0.4, -0.2) is 25.0 Å². The summed E-state index contributed by atoms with van der Waals surface area (Å²) in [5, 5.41) is 6.52. The van der Waals surface area contributed by atoms with Gasteiger partial charge in [-0.1, -0.05) is 13.3 Å². The third kappa shape index (κ3) is 3.48. The fraction of sp³-hybridized carbons (Fsp3) is 0.923. The molecule has 0 aromatic rings. The zero-order chi connectivity index (χ0) is 11.4. The maximum absolute atomic E-state index is 11.4. The first-order chi connectivity index (χ1) is 7.74. The summed E-state index contributed by atoms with van der Waals surface area (Å²) in [5.74, 6) is 1.97. The fourth-order valence-corrected chi connectivity index (χ4v) is 2.99. The maximum atomic E-state index is 11.4. The highest BCUT2D eigenvalue weighted by Crippen LogP contribution is 2.29. The van der Waals surface area contributed by atoms with E-state index in [1.54, 1.807) is 0 Å². The second-order valence-electron chi connectivity index (χ2n) is 5.59. The molecule has 2 N–H and O–H groups in total. The molecule has 2 rings (SSSR count). The van der Waals surface area contributed by atoms with Crippen molar-refractivity contribution >= 4 is 5.91 Å². The van der Waals surface area contributed by atoms with Gasteiger partial charge >= 0.3 is 0 Å². The van der Waals surface area contributed by atoms with Crippen LogP contribution < -0.4 is 10.6 Å². The van der Waals surface area contributed by atoms with Crippen LogP contribution in [0.25, 0.3) is 0 Å². The van der Waals surface area contributed by atoms with Gasteiger partial charge in [0.2, 0.25) is 5.91 Å². The van der Waals surface area contributed by atoms with Crippen LogP contribution in [0.3, 0.4) is 0 Å². The van der Waals surface area contributed by atoms with Gasteiger partial charge < -0.3 is 10.6 Å². The summed E-state index contributed by atoms with van der Waals surface area (Å²) in [4.78, 5) is 11.4. The van der Waals surface area contributed by atoms with Crippen LogP contribution in [0.2, 0.25) is 0 Å². The molecule has 0 radical (unpaired) electrons. The molecule has 3 unspecified atom stereocenters. The number of amides is 1. The Morgan fingerprint density at radius 1 is 1.38 bits per heavy atom. The van der Waals surface area contributed by atoms with E-state index in [-0.39, 0.29) is 5.91 Å². The van der Waals surface area contributed by atoms with Crippen molar-refractivity contribution in [2.24, 2.45) is 11.8 Å². The highest BCUT2D eigenvalue weighted by Gasteiger charge is 2.23. The van der Waals surface area contributed by atoms with Crippen LogP contribution in [-0.2, 0) is 4.79 Å².